The number of benzene rings is 2. The number of nitriles is 1. The third-order valence-electron chi connectivity index (χ3n) is 6.46. The molecule has 0 spiro atoms. The molecule has 0 aromatic heterocycles. The van der Waals surface area contributed by atoms with Crippen LogP contribution in [0.4, 0.5) is 8.78 Å². The minimum absolute atomic E-state index is 0.00615. The van der Waals surface area contributed by atoms with E-state index in [1.54, 1.807) is 12.1 Å². The van der Waals surface area contributed by atoms with Gasteiger partial charge in [-0.1, -0.05) is 0 Å². The summed E-state index contributed by atoms with van der Waals surface area (Å²) < 4.78 is 46.2. The molecule has 1 amide bonds. The third kappa shape index (κ3) is 4.49. The van der Waals surface area contributed by atoms with Gasteiger partial charge >= 0.3 is 0 Å². The number of nitrogens with one attached hydrogen (secondary N) is 2. The van der Waals surface area contributed by atoms with Crippen molar-refractivity contribution in [3.63, 3.8) is 0 Å². The molecule has 2 N–H and O–H groups in total. The smallest absolute Gasteiger partial charge is 0.251 e. The highest BCUT2D eigenvalue weighted by atomic mass is 19.1. The van der Waals surface area contributed by atoms with E-state index in [-0.39, 0.29) is 30.3 Å². The van der Waals surface area contributed by atoms with E-state index < -0.39 is 23.9 Å². The quantitative estimate of drug-likeness (QED) is 0.700. The standard InChI is InChI=1S/C25H25F2N3O4/c26-21-8-20-18-7-19(16-11-32-12-16)22(27)5-15(18)13-34-23(20)6-14(21)4-17(9-28)30-25(31)24-10-29-2-1-3-33-24/h5-8,16-17,24,29H,1-4,10-13H2,(H,30,31)/t17-,24?/m0/s1. The maximum Gasteiger partial charge on any atom is 0.251 e. The second-order valence-corrected chi connectivity index (χ2v) is 8.81. The zero-order valence-electron chi connectivity index (χ0n) is 18.5. The average Bonchev–Trinajstić information content (AvgIpc) is 3.08. The lowest BCUT2D eigenvalue weighted by Crippen LogP contribution is -2.46. The Morgan fingerprint density at radius 2 is 2.06 bits per heavy atom. The van der Waals surface area contributed by atoms with Crippen LogP contribution in [0.5, 0.6) is 5.75 Å². The number of halogens is 2. The van der Waals surface area contributed by atoms with Crippen molar-refractivity contribution >= 4 is 5.91 Å². The number of ether oxygens (including phenoxy) is 3. The molecule has 0 bridgehead atoms. The Morgan fingerprint density at radius 3 is 2.82 bits per heavy atom. The monoisotopic (exact) mass is 469 g/mol. The van der Waals surface area contributed by atoms with Gasteiger partial charge in [-0.2, -0.15) is 5.26 Å². The van der Waals surface area contributed by atoms with Gasteiger partial charge < -0.3 is 24.8 Å². The van der Waals surface area contributed by atoms with Crippen LogP contribution in [0.15, 0.2) is 24.3 Å². The zero-order valence-corrected chi connectivity index (χ0v) is 18.5. The summed E-state index contributed by atoms with van der Waals surface area (Å²) in [6.07, 6.45) is 0.0887. The van der Waals surface area contributed by atoms with Crippen LogP contribution in [-0.2, 0) is 27.3 Å². The molecule has 0 saturated carbocycles. The lowest BCUT2D eigenvalue weighted by atomic mass is 9.88. The topological polar surface area (TPSA) is 92.6 Å². The van der Waals surface area contributed by atoms with Gasteiger partial charge in [0.15, 0.2) is 0 Å². The summed E-state index contributed by atoms with van der Waals surface area (Å²) in [6.45, 7) is 2.68. The van der Waals surface area contributed by atoms with Gasteiger partial charge in [-0.05, 0) is 53.9 Å². The van der Waals surface area contributed by atoms with Crippen LogP contribution in [0.2, 0.25) is 0 Å². The first-order valence-electron chi connectivity index (χ1n) is 11.4. The van der Waals surface area contributed by atoms with Gasteiger partial charge in [-0.3, -0.25) is 4.79 Å². The van der Waals surface area contributed by atoms with Crippen LogP contribution >= 0.6 is 0 Å². The molecule has 0 aliphatic carbocycles. The molecule has 1 unspecified atom stereocenters. The largest absolute Gasteiger partial charge is 0.488 e. The molecule has 7 nitrogen and oxygen atoms in total. The van der Waals surface area contributed by atoms with Crippen molar-refractivity contribution < 1.29 is 27.8 Å². The Hall–Kier alpha value is -3.06. The maximum absolute atomic E-state index is 15.1. The van der Waals surface area contributed by atoms with Gasteiger partial charge in [0.05, 0.1) is 19.3 Å². The van der Waals surface area contributed by atoms with E-state index in [0.29, 0.717) is 48.8 Å². The molecule has 2 aromatic rings. The number of nitrogens with zero attached hydrogens (tertiary/aromatic N) is 1. The van der Waals surface area contributed by atoms with E-state index in [2.05, 4.69) is 10.6 Å². The van der Waals surface area contributed by atoms with E-state index >= 15 is 4.39 Å². The Balaban J connectivity index is 1.36. The molecular weight excluding hydrogens is 444 g/mol. The molecule has 2 fully saturated rings. The highest BCUT2D eigenvalue weighted by Gasteiger charge is 2.29. The van der Waals surface area contributed by atoms with Crippen LogP contribution in [0.1, 0.15) is 29.0 Å². The van der Waals surface area contributed by atoms with Crippen LogP contribution in [0.3, 0.4) is 0 Å². The van der Waals surface area contributed by atoms with Gasteiger partial charge in [0.2, 0.25) is 0 Å². The minimum Gasteiger partial charge on any atom is -0.488 e. The fourth-order valence-corrected chi connectivity index (χ4v) is 4.46. The first-order chi connectivity index (χ1) is 16.5. The molecule has 34 heavy (non-hydrogen) atoms. The highest BCUT2D eigenvalue weighted by Crippen LogP contribution is 2.42. The van der Waals surface area contributed by atoms with Gasteiger partial charge in [0.25, 0.3) is 5.91 Å². The second-order valence-electron chi connectivity index (χ2n) is 8.81. The van der Waals surface area contributed by atoms with Gasteiger partial charge in [0.1, 0.15) is 36.1 Å². The normalized spacial score (nSPS) is 20.6. The van der Waals surface area contributed by atoms with Crippen molar-refractivity contribution in [2.24, 2.45) is 0 Å². The van der Waals surface area contributed by atoms with Crippen LogP contribution < -0.4 is 15.4 Å². The minimum atomic E-state index is -0.929. The zero-order chi connectivity index (χ0) is 23.7. The van der Waals surface area contributed by atoms with Crippen molar-refractivity contribution in [3.05, 3.63) is 52.6 Å². The number of amides is 1. The summed E-state index contributed by atoms with van der Waals surface area (Å²) >= 11 is 0. The molecule has 2 aromatic carbocycles. The molecular formula is C25H25F2N3O4. The molecule has 5 rings (SSSR count). The highest BCUT2D eigenvalue weighted by molar-refractivity contribution is 5.82. The van der Waals surface area contributed by atoms with Gasteiger partial charge in [0, 0.05) is 36.6 Å². The SMILES string of the molecule is N#C[C@H](Cc1cc2c(cc1F)-c1cc(C3COC3)c(F)cc1CO2)NC(=O)C1CNCCCO1. The van der Waals surface area contributed by atoms with E-state index in [1.807, 2.05) is 6.07 Å². The maximum atomic E-state index is 15.1. The van der Waals surface area contributed by atoms with Crippen LogP contribution in [0.25, 0.3) is 11.1 Å². The summed E-state index contributed by atoms with van der Waals surface area (Å²) in [7, 11) is 0. The number of carbonyl (C=O) groups excluding carboxylic acids is 1. The molecule has 9 heteroatoms. The van der Waals surface area contributed by atoms with E-state index in [9.17, 15) is 14.4 Å². The predicted octanol–water partition coefficient (Wildman–Crippen LogP) is 2.57. The summed E-state index contributed by atoms with van der Waals surface area (Å²) in [5, 5.41) is 15.3. The molecule has 0 radical (unpaired) electrons. The number of carbonyl (C=O) groups is 1. The first kappa shape index (κ1) is 22.7. The van der Waals surface area contributed by atoms with Crippen LogP contribution in [0, 0.1) is 23.0 Å². The van der Waals surface area contributed by atoms with Crippen molar-refractivity contribution in [1.29, 1.82) is 5.26 Å². The van der Waals surface area contributed by atoms with E-state index in [4.69, 9.17) is 14.2 Å². The fraction of sp³-hybridized carbons (Fsp3) is 0.440. The molecule has 3 heterocycles. The van der Waals surface area contributed by atoms with Gasteiger partial charge in [-0.25, -0.2) is 8.78 Å². The van der Waals surface area contributed by atoms with Crippen molar-refractivity contribution in [2.75, 3.05) is 32.9 Å². The summed E-state index contributed by atoms with van der Waals surface area (Å²) in [5.74, 6) is -0.774. The molecule has 2 saturated heterocycles. The lowest BCUT2D eigenvalue weighted by Gasteiger charge is -2.29. The molecule has 2 atom stereocenters. The van der Waals surface area contributed by atoms with E-state index in [0.717, 1.165) is 18.5 Å². The Labute approximate surface area is 196 Å². The molecule has 3 aliphatic heterocycles. The van der Waals surface area contributed by atoms with Crippen molar-refractivity contribution in [2.45, 2.75) is 37.5 Å². The fourth-order valence-electron chi connectivity index (χ4n) is 4.46. The Morgan fingerprint density at radius 1 is 1.21 bits per heavy atom. The van der Waals surface area contributed by atoms with Gasteiger partial charge in [-0.15, -0.1) is 0 Å². The van der Waals surface area contributed by atoms with Crippen molar-refractivity contribution in [1.82, 2.24) is 10.6 Å². The Bertz CT molecular complexity index is 1140. The molecule has 3 aliphatic rings. The van der Waals surface area contributed by atoms with Crippen molar-refractivity contribution in [3.8, 4) is 22.9 Å². The summed E-state index contributed by atoms with van der Waals surface area (Å²) in [6, 6.07) is 7.23. The molecule has 178 valence electrons. The lowest BCUT2D eigenvalue weighted by molar-refractivity contribution is -0.132. The predicted molar refractivity (Wildman–Crippen MR) is 118 cm³/mol. The third-order valence-corrected chi connectivity index (χ3v) is 6.46. The number of fused-ring (bicyclic) bond motifs is 3. The van der Waals surface area contributed by atoms with E-state index in [1.165, 1.54) is 12.1 Å². The second kappa shape index (κ2) is 9.66. The Kier molecular flexibility index (Phi) is 6.46. The number of hydrogen-bond donors (Lipinski definition) is 2. The average molecular weight is 469 g/mol. The summed E-state index contributed by atoms with van der Waals surface area (Å²) in [5.41, 5.74) is 2.74. The first-order valence-corrected chi connectivity index (χ1v) is 11.4. The van der Waals surface area contributed by atoms with Crippen LogP contribution in [-0.4, -0.2) is 51.0 Å². The summed E-state index contributed by atoms with van der Waals surface area (Å²) in [4.78, 5) is 12.5. The number of hydrogen-bond acceptors (Lipinski definition) is 6. The number of rotatable bonds is 5.